The van der Waals surface area contributed by atoms with Crippen LogP contribution in [-0.2, 0) is 0 Å². The molecule has 1 aliphatic heterocycles. The lowest BCUT2D eigenvalue weighted by Gasteiger charge is -2.35. The van der Waals surface area contributed by atoms with Gasteiger partial charge in [-0.1, -0.05) is 13.8 Å². The number of benzene rings is 1. The molecule has 1 saturated heterocycles. The molecule has 1 aromatic carbocycles. The first-order valence-electron chi connectivity index (χ1n) is 7.14. The molecule has 1 amide bonds. The third-order valence-corrected chi connectivity index (χ3v) is 3.58. The second kappa shape index (κ2) is 6.39. The highest BCUT2D eigenvalue weighted by molar-refractivity contribution is 5.95. The van der Waals surface area contributed by atoms with Gasteiger partial charge in [-0.05, 0) is 18.1 Å². The predicted octanol–water partition coefficient (Wildman–Crippen LogP) is 1.96. The number of anilines is 1. The quantitative estimate of drug-likeness (QED) is 0.868. The first-order valence-corrected chi connectivity index (χ1v) is 7.14. The molecule has 2 N–H and O–H groups in total. The van der Waals surface area contributed by atoms with Crippen molar-refractivity contribution < 1.29 is 13.6 Å². The number of carbonyl (C=O) groups is 1. The molecule has 21 heavy (non-hydrogen) atoms. The van der Waals surface area contributed by atoms with E-state index in [9.17, 15) is 13.6 Å². The number of carbonyl (C=O) groups excluding carboxylic acids is 1. The Bertz CT molecular complexity index is 526. The van der Waals surface area contributed by atoms with Crippen molar-refractivity contribution in [3.05, 3.63) is 29.3 Å². The minimum absolute atomic E-state index is 0.287. The molecule has 2 rings (SSSR count). The Morgan fingerprint density at radius 3 is 2.43 bits per heavy atom. The van der Waals surface area contributed by atoms with Crippen LogP contribution in [0.25, 0.3) is 0 Å². The zero-order chi connectivity index (χ0) is 15.6. The molecule has 0 radical (unpaired) electrons. The van der Waals surface area contributed by atoms with E-state index in [1.54, 1.807) is 4.90 Å². The fourth-order valence-electron chi connectivity index (χ4n) is 2.59. The normalized spacial score (nSPS) is 16.5. The van der Waals surface area contributed by atoms with Crippen LogP contribution in [0.1, 0.15) is 24.2 Å². The van der Waals surface area contributed by atoms with Crippen molar-refractivity contribution in [3.8, 4) is 0 Å². The van der Waals surface area contributed by atoms with Crippen molar-refractivity contribution in [2.75, 3.05) is 38.5 Å². The minimum atomic E-state index is -0.842. The maximum absolute atomic E-state index is 13.9. The Morgan fingerprint density at radius 2 is 1.86 bits per heavy atom. The third-order valence-electron chi connectivity index (χ3n) is 3.58. The van der Waals surface area contributed by atoms with Crippen molar-refractivity contribution in [3.63, 3.8) is 0 Å². The van der Waals surface area contributed by atoms with Gasteiger partial charge in [0.25, 0.3) is 5.91 Å². The predicted molar refractivity (Wildman–Crippen MR) is 78.0 cm³/mol. The summed E-state index contributed by atoms with van der Waals surface area (Å²) in [4.78, 5) is 16.1. The largest absolute Gasteiger partial charge is 0.396 e. The molecule has 0 spiro atoms. The summed E-state index contributed by atoms with van der Waals surface area (Å²) in [7, 11) is 0. The third kappa shape index (κ3) is 3.69. The summed E-state index contributed by atoms with van der Waals surface area (Å²) in [5.74, 6) is -1.47. The van der Waals surface area contributed by atoms with Crippen molar-refractivity contribution in [2.45, 2.75) is 13.8 Å². The van der Waals surface area contributed by atoms with E-state index in [2.05, 4.69) is 18.7 Å². The molecule has 1 aliphatic rings. The lowest BCUT2D eigenvalue weighted by atomic mass is 10.1. The Labute approximate surface area is 123 Å². The van der Waals surface area contributed by atoms with Crippen LogP contribution in [0, 0.1) is 17.6 Å². The number of halogens is 2. The Kier molecular flexibility index (Phi) is 4.77. The molecule has 0 aliphatic carbocycles. The molecule has 0 aromatic heterocycles. The SMILES string of the molecule is CC(C)CN1CCN(C(=O)c2cc(F)cc(N)c2F)CC1. The smallest absolute Gasteiger partial charge is 0.257 e. The maximum Gasteiger partial charge on any atom is 0.257 e. The average Bonchev–Trinajstić information content (AvgIpc) is 2.42. The molecule has 1 fully saturated rings. The number of rotatable bonds is 3. The monoisotopic (exact) mass is 297 g/mol. The highest BCUT2D eigenvalue weighted by Gasteiger charge is 2.25. The van der Waals surface area contributed by atoms with E-state index in [0.29, 0.717) is 19.0 Å². The van der Waals surface area contributed by atoms with Gasteiger partial charge in [0, 0.05) is 32.7 Å². The number of piperazine rings is 1. The van der Waals surface area contributed by atoms with Gasteiger partial charge >= 0.3 is 0 Å². The number of hydrogen-bond donors (Lipinski definition) is 1. The van der Waals surface area contributed by atoms with Crippen molar-refractivity contribution in [1.29, 1.82) is 0 Å². The number of hydrogen-bond acceptors (Lipinski definition) is 3. The molecular weight excluding hydrogens is 276 g/mol. The summed E-state index contributed by atoms with van der Waals surface area (Å²) in [5.41, 5.74) is 4.75. The van der Waals surface area contributed by atoms with Gasteiger partial charge in [-0.3, -0.25) is 9.69 Å². The summed E-state index contributed by atoms with van der Waals surface area (Å²) >= 11 is 0. The van der Waals surface area contributed by atoms with Crippen molar-refractivity contribution in [2.24, 2.45) is 5.92 Å². The lowest BCUT2D eigenvalue weighted by Crippen LogP contribution is -2.49. The zero-order valence-electron chi connectivity index (χ0n) is 12.4. The Hall–Kier alpha value is -1.69. The maximum atomic E-state index is 13.9. The molecule has 116 valence electrons. The molecule has 4 nitrogen and oxygen atoms in total. The molecule has 0 atom stereocenters. The number of nitrogen functional groups attached to an aromatic ring is 1. The van der Waals surface area contributed by atoms with Crippen LogP contribution in [0.3, 0.4) is 0 Å². The summed E-state index contributed by atoms with van der Waals surface area (Å²) in [6, 6.07) is 1.79. The molecule has 0 bridgehead atoms. The van der Waals surface area contributed by atoms with E-state index in [1.165, 1.54) is 0 Å². The lowest BCUT2D eigenvalue weighted by molar-refractivity contribution is 0.0619. The van der Waals surface area contributed by atoms with Crippen LogP contribution >= 0.6 is 0 Å². The first-order chi connectivity index (χ1) is 9.88. The molecule has 0 saturated carbocycles. The molecule has 1 aromatic rings. The molecular formula is C15H21F2N3O. The fourth-order valence-corrected chi connectivity index (χ4v) is 2.59. The highest BCUT2D eigenvalue weighted by atomic mass is 19.1. The Morgan fingerprint density at radius 1 is 1.24 bits per heavy atom. The van der Waals surface area contributed by atoms with E-state index < -0.39 is 17.5 Å². The summed E-state index contributed by atoms with van der Waals surface area (Å²) < 4.78 is 27.2. The van der Waals surface area contributed by atoms with Crippen LogP contribution in [0.4, 0.5) is 14.5 Å². The standard InChI is InChI=1S/C15H21F2N3O/c1-10(2)9-19-3-5-20(6-4-19)15(21)12-7-11(16)8-13(18)14(12)17/h7-8,10H,3-6,9,18H2,1-2H3. The Balaban J connectivity index is 2.06. The van der Waals surface area contributed by atoms with Gasteiger partial charge in [-0.2, -0.15) is 0 Å². The van der Waals surface area contributed by atoms with Crippen LogP contribution in [0.15, 0.2) is 12.1 Å². The summed E-state index contributed by atoms with van der Waals surface area (Å²) in [6.45, 7) is 7.78. The average molecular weight is 297 g/mol. The topological polar surface area (TPSA) is 49.6 Å². The van der Waals surface area contributed by atoms with Crippen LogP contribution in [0.5, 0.6) is 0 Å². The zero-order valence-corrected chi connectivity index (χ0v) is 12.4. The minimum Gasteiger partial charge on any atom is -0.396 e. The van der Waals surface area contributed by atoms with Gasteiger partial charge in [0.05, 0.1) is 11.3 Å². The van der Waals surface area contributed by atoms with Gasteiger partial charge in [-0.15, -0.1) is 0 Å². The number of nitrogens with zero attached hydrogens (tertiary/aromatic N) is 2. The van der Waals surface area contributed by atoms with Crippen molar-refractivity contribution >= 4 is 11.6 Å². The van der Waals surface area contributed by atoms with E-state index >= 15 is 0 Å². The highest BCUT2D eigenvalue weighted by Crippen LogP contribution is 2.20. The van der Waals surface area contributed by atoms with E-state index in [0.717, 1.165) is 31.8 Å². The van der Waals surface area contributed by atoms with Crippen LogP contribution < -0.4 is 5.73 Å². The van der Waals surface area contributed by atoms with E-state index in [1.807, 2.05) is 0 Å². The van der Waals surface area contributed by atoms with Gasteiger partial charge in [-0.25, -0.2) is 8.78 Å². The van der Waals surface area contributed by atoms with E-state index in [-0.39, 0.29) is 11.3 Å². The molecule has 1 heterocycles. The molecule has 0 unspecified atom stereocenters. The van der Waals surface area contributed by atoms with Gasteiger partial charge in [0.15, 0.2) is 5.82 Å². The van der Waals surface area contributed by atoms with Crippen LogP contribution in [0.2, 0.25) is 0 Å². The number of nitrogens with two attached hydrogens (primary N) is 1. The van der Waals surface area contributed by atoms with Gasteiger partial charge in [0.1, 0.15) is 5.82 Å². The first kappa shape index (κ1) is 15.7. The summed E-state index contributed by atoms with van der Waals surface area (Å²) in [5, 5.41) is 0. The fraction of sp³-hybridized carbons (Fsp3) is 0.533. The second-order valence-electron chi connectivity index (χ2n) is 5.84. The second-order valence-corrected chi connectivity index (χ2v) is 5.84. The van der Waals surface area contributed by atoms with Gasteiger partial charge in [0.2, 0.25) is 0 Å². The number of amides is 1. The van der Waals surface area contributed by atoms with Crippen molar-refractivity contribution in [1.82, 2.24) is 9.80 Å². The summed E-state index contributed by atoms with van der Waals surface area (Å²) in [6.07, 6.45) is 0. The van der Waals surface area contributed by atoms with Crippen LogP contribution in [-0.4, -0.2) is 48.4 Å². The van der Waals surface area contributed by atoms with E-state index in [4.69, 9.17) is 5.73 Å². The molecule has 6 heteroatoms. The van der Waals surface area contributed by atoms with Gasteiger partial charge < -0.3 is 10.6 Å².